The summed E-state index contributed by atoms with van der Waals surface area (Å²) < 4.78 is 10.6. The van der Waals surface area contributed by atoms with E-state index in [4.69, 9.17) is 19.7 Å². The SMILES string of the molecule is CC(=O)NC1C(OCCCC(=O)O)OC(CO)C(O)C1O. The highest BCUT2D eigenvalue weighted by atomic mass is 16.7. The van der Waals surface area contributed by atoms with Crippen LogP contribution in [0.25, 0.3) is 0 Å². The first kappa shape index (κ1) is 17.8. The van der Waals surface area contributed by atoms with E-state index in [0.717, 1.165) is 0 Å². The number of rotatable bonds is 7. The Bertz CT molecular complexity index is 363. The number of ether oxygens (including phenoxy) is 2. The summed E-state index contributed by atoms with van der Waals surface area (Å²) in [6.45, 7) is 0.743. The maximum Gasteiger partial charge on any atom is 0.303 e. The lowest BCUT2D eigenvalue weighted by Gasteiger charge is -2.42. The van der Waals surface area contributed by atoms with Crippen LogP contribution in [0.2, 0.25) is 0 Å². The van der Waals surface area contributed by atoms with E-state index in [9.17, 15) is 19.8 Å². The van der Waals surface area contributed by atoms with Crippen LogP contribution >= 0.6 is 0 Å². The number of aliphatic hydroxyl groups excluding tert-OH is 3. The maximum absolute atomic E-state index is 11.1. The molecule has 0 bridgehead atoms. The van der Waals surface area contributed by atoms with Crippen molar-refractivity contribution >= 4 is 11.9 Å². The first-order valence-electron chi connectivity index (χ1n) is 6.59. The summed E-state index contributed by atoms with van der Waals surface area (Å²) >= 11 is 0. The fourth-order valence-corrected chi connectivity index (χ4v) is 2.04. The second-order valence-corrected chi connectivity index (χ2v) is 4.80. The summed E-state index contributed by atoms with van der Waals surface area (Å²) in [7, 11) is 0. The molecule has 1 rings (SSSR count). The number of hydrogen-bond donors (Lipinski definition) is 5. The Morgan fingerprint density at radius 3 is 2.48 bits per heavy atom. The Morgan fingerprint density at radius 1 is 1.29 bits per heavy atom. The topological polar surface area (TPSA) is 146 Å². The number of hydrogen-bond acceptors (Lipinski definition) is 7. The lowest BCUT2D eigenvalue weighted by molar-refractivity contribution is -0.270. The fourth-order valence-electron chi connectivity index (χ4n) is 2.04. The minimum Gasteiger partial charge on any atom is -0.481 e. The molecule has 0 aliphatic carbocycles. The van der Waals surface area contributed by atoms with E-state index in [0.29, 0.717) is 0 Å². The number of carbonyl (C=O) groups excluding carboxylic acids is 1. The predicted octanol–water partition coefficient (Wildman–Crippen LogP) is -2.19. The van der Waals surface area contributed by atoms with Crippen LogP contribution in [0.5, 0.6) is 0 Å². The predicted molar refractivity (Wildman–Crippen MR) is 68.2 cm³/mol. The van der Waals surface area contributed by atoms with E-state index in [1.807, 2.05) is 0 Å². The maximum atomic E-state index is 11.1. The van der Waals surface area contributed by atoms with Crippen LogP contribution in [0.3, 0.4) is 0 Å². The highest BCUT2D eigenvalue weighted by Gasteiger charge is 2.45. The van der Waals surface area contributed by atoms with Gasteiger partial charge < -0.3 is 35.2 Å². The van der Waals surface area contributed by atoms with Gasteiger partial charge in [-0.15, -0.1) is 0 Å². The zero-order chi connectivity index (χ0) is 16.0. The second-order valence-electron chi connectivity index (χ2n) is 4.80. The molecule has 0 aromatic carbocycles. The third kappa shape index (κ3) is 5.21. The molecule has 0 aromatic heterocycles. The second kappa shape index (κ2) is 8.25. The molecule has 1 aliphatic rings. The van der Waals surface area contributed by atoms with Gasteiger partial charge in [0.15, 0.2) is 6.29 Å². The van der Waals surface area contributed by atoms with Gasteiger partial charge in [-0.3, -0.25) is 9.59 Å². The van der Waals surface area contributed by atoms with Crippen LogP contribution in [0.1, 0.15) is 19.8 Å². The van der Waals surface area contributed by atoms with Gasteiger partial charge in [0.25, 0.3) is 0 Å². The molecule has 1 saturated heterocycles. The number of carboxylic acid groups (broad SMARTS) is 1. The van der Waals surface area contributed by atoms with Crippen LogP contribution in [0.15, 0.2) is 0 Å². The van der Waals surface area contributed by atoms with Crippen LogP contribution < -0.4 is 5.32 Å². The van der Waals surface area contributed by atoms with E-state index >= 15 is 0 Å². The Labute approximate surface area is 121 Å². The Morgan fingerprint density at radius 2 is 1.95 bits per heavy atom. The standard InChI is InChI=1S/C12H21NO8/c1-6(15)13-9-11(19)10(18)7(5-14)21-12(9)20-4-2-3-8(16)17/h7,9-12,14,18-19H,2-5H2,1H3,(H,13,15)(H,16,17). The van der Waals surface area contributed by atoms with Crippen LogP contribution in [-0.4, -0.2) is 76.2 Å². The zero-order valence-corrected chi connectivity index (χ0v) is 11.6. The highest BCUT2D eigenvalue weighted by molar-refractivity contribution is 5.73. The van der Waals surface area contributed by atoms with E-state index in [2.05, 4.69) is 5.32 Å². The van der Waals surface area contributed by atoms with Crippen LogP contribution in [0.4, 0.5) is 0 Å². The molecule has 5 N–H and O–H groups in total. The van der Waals surface area contributed by atoms with Gasteiger partial charge in [0, 0.05) is 13.3 Å². The fraction of sp³-hybridized carbons (Fsp3) is 0.833. The molecule has 5 atom stereocenters. The third-order valence-corrected chi connectivity index (χ3v) is 3.07. The molecule has 9 nitrogen and oxygen atoms in total. The molecule has 21 heavy (non-hydrogen) atoms. The van der Waals surface area contributed by atoms with Crippen LogP contribution in [0, 0.1) is 0 Å². The Kier molecular flexibility index (Phi) is 6.99. The van der Waals surface area contributed by atoms with E-state index in [1.165, 1.54) is 6.92 Å². The summed E-state index contributed by atoms with van der Waals surface area (Å²) in [4.78, 5) is 21.5. The quantitative estimate of drug-likeness (QED) is 0.333. The monoisotopic (exact) mass is 307 g/mol. The normalized spacial score (nSPS) is 32.7. The number of aliphatic carboxylic acids is 1. The summed E-state index contributed by atoms with van der Waals surface area (Å²) in [6.07, 6.45) is -4.74. The summed E-state index contributed by atoms with van der Waals surface area (Å²) in [5, 5.41) is 39.8. The molecule has 122 valence electrons. The highest BCUT2D eigenvalue weighted by Crippen LogP contribution is 2.22. The minimum absolute atomic E-state index is 0.0357. The minimum atomic E-state index is -1.37. The first-order chi connectivity index (χ1) is 9.86. The molecule has 0 radical (unpaired) electrons. The van der Waals surface area contributed by atoms with Gasteiger partial charge in [-0.2, -0.15) is 0 Å². The lowest BCUT2D eigenvalue weighted by atomic mass is 9.97. The average Bonchev–Trinajstić information content (AvgIpc) is 2.41. The zero-order valence-electron chi connectivity index (χ0n) is 11.6. The summed E-state index contributed by atoms with van der Waals surface area (Å²) in [5.74, 6) is -1.42. The number of nitrogens with one attached hydrogen (secondary N) is 1. The van der Waals surface area contributed by atoms with Crippen molar-refractivity contribution in [2.45, 2.75) is 50.4 Å². The Balaban J connectivity index is 2.64. The Hall–Kier alpha value is -1.26. The summed E-state index contributed by atoms with van der Waals surface area (Å²) in [5.41, 5.74) is 0. The third-order valence-electron chi connectivity index (χ3n) is 3.07. The number of amides is 1. The largest absolute Gasteiger partial charge is 0.481 e. The van der Waals surface area contributed by atoms with Gasteiger partial charge in [0.1, 0.15) is 24.4 Å². The molecule has 1 heterocycles. The average molecular weight is 307 g/mol. The molecule has 1 amide bonds. The van der Waals surface area contributed by atoms with Gasteiger partial charge >= 0.3 is 5.97 Å². The number of aliphatic hydroxyl groups is 3. The molecule has 0 spiro atoms. The van der Waals surface area contributed by atoms with E-state index in [1.54, 1.807) is 0 Å². The van der Waals surface area contributed by atoms with Crippen molar-refractivity contribution in [3.05, 3.63) is 0 Å². The molecule has 0 aromatic rings. The van der Waals surface area contributed by atoms with Gasteiger partial charge in [-0.05, 0) is 6.42 Å². The molecular formula is C12H21NO8. The number of carbonyl (C=O) groups is 2. The smallest absolute Gasteiger partial charge is 0.303 e. The van der Waals surface area contributed by atoms with Gasteiger partial charge in [0.2, 0.25) is 5.91 Å². The van der Waals surface area contributed by atoms with Gasteiger partial charge in [0.05, 0.1) is 13.2 Å². The molecule has 5 unspecified atom stereocenters. The van der Waals surface area contributed by atoms with Crippen molar-refractivity contribution in [2.24, 2.45) is 0 Å². The summed E-state index contributed by atoms with van der Waals surface area (Å²) in [6, 6.07) is -1.01. The van der Waals surface area contributed by atoms with Gasteiger partial charge in [-0.1, -0.05) is 0 Å². The van der Waals surface area contributed by atoms with Crippen molar-refractivity contribution in [3.8, 4) is 0 Å². The lowest BCUT2D eigenvalue weighted by Crippen LogP contribution is -2.64. The molecule has 1 aliphatic heterocycles. The molecular weight excluding hydrogens is 286 g/mol. The van der Waals surface area contributed by atoms with Crippen molar-refractivity contribution in [3.63, 3.8) is 0 Å². The van der Waals surface area contributed by atoms with Crippen molar-refractivity contribution in [1.29, 1.82) is 0 Å². The number of carboxylic acids is 1. The molecule has 9 heteroatoms. The van der Waals surface area contributed by atoms with Crippen molar-refractivity contribution in [2.75, 3.05) is 13.2 Å². The van der Waals surface area contributed by atoms with Crippen molar-refractivity contribution in [1.82, 2.24) is 5.32 Å². The first-order valence-corrected chi connectivity index (χ1v) is 6.59. The molecule has 0 saturated carbocycles. The molecule has 1 fully saturated rings. The van der Waals surface area contributed by atoms with Crippen LogP contribution in [-0.2, 0) is 19.1 Å². The van der Waals surface area contributed by atoms with E-state index in [-0.39, 0.29) is 19.4 Å². The van der Waals surface area contributed by atoms with Gasteiger partial charge in [-0.25, -0.2) is 0 Å². The van der Waals surface area contributed by atoms with Crippen molar-refractivity contribution < 1.29 is 39.5 Å². The van der Waals surface area contributed by atoms with E-state index < -0.39 is 49.1 Å².